The number of aryl methyl sites for hydroxylation is 1. The molecule has 0 amide bonds. The van der Waals surface area contributed by atoms with Crippen LogP contribution in [0.4, 0.5) is 13.2 Å². The molecule has 0 atom stereocenters. The molecular formula is C11H11F3O2. The van der Waals surface area contributed by atoms with Crippen LogP contribution >= 0.6 is 0 Å². The van der Waals surface area contributed by atoms with Crippen LogP contribution < -0.4 is 4.74 Å². The van der Waals surface area contributed by atoms with Gasteiger partial charge < -0.3 is 4.74 Å². The third-order valence-electron chi connectivity index (χ3n) is 2.27. The number of alkyl halides is 3. The van der Waals surface area contributed by atoms with Crippen LogP contribution in [-0.4, -0.2) is 13.4 Å². The maximum atomic E-state index is 12.5. The van der Waals surface area contributed by atoms with Crippen molar-refractivity contribution in [3.8, 4) is 5.75 Å². The van der Waals surface area contributed by atoms with Gasteiger partial charge in [0.05, 0.1) is 18.2 Å². The molecule has 0 aliphatic rings. The largest absolute Gasteiger partial charge is 0.496 e. The Bertz CT molecular complexity index is 372. The fraction of sp³-hybridized carbons (Fsp3) is 0.364. The van der Waals surface area contributed by atoms with E-state index in [4.69, 9.17) is 4.74 Å². The maximum Gasteiger partial charge on any atom is 0.416 e. The summed E-state index contributed by atoms with van der Waals surface area (Å²) in [5.74, 6) is -0.0401. The number of hydrogen-bond acceptors (Lipinski definition) is 2. The van der Waals surface area contributed by atoms with E-state index in [0.717, 1.165) is 12.1 Å². The summed E-state index contributed by atoms with van der Waals surface area (Å²) in [6, 6.07) is 1.81. The molecule has 0 saturated heterocycles. The van der Waals surface area contributed by atoms with Crippen LogP contribution in [0.5, 0.6) is 5.75 Å². The van der Waals surface area contributed by atoms with Gasteiger partial charge >= 0.3 is 6.18 Å². The van der Waals surface area contributed by atoms with Crippen molar-refractivity contribution in [1.29, 1.82) is 0 Å². The predicted octanol–water partition coefficient (Wildman–Crippen LogP) is 3.09. The zero-order valence-corrected chi connectivity index (χ0v) is 8.89. The van der Waals surface area contributed by atoms with Gasteiger partial charge in [-0.05, 0) is 24.1 Å². The van der Waals surface area contributed by atoms with Gasteiger partial charge in [-0.3, -0.25) is 4.79 Å². The standard InChI is InChI=1S/C11H11F3O2/c1-3-7-4-8(11(12,13)14)5-10(16-2)9(7)6-15/h4-6H,3H2,1-2H3. The van der Waals surface area contributed by atoms with Gasteiger partial charge in [0.25, 0.3) is 0 Å². The molecule has 1 rings (SSSR count). The Morgan fingerprint density at radius 1 is 1.38 bits per heavy atom. The predicted molar refractivity (Wildman–Crippen MR) is 52.8 cm³/mol. The van der Waals surface area contributed by atoms with Crippen molar-refractivity contribution in [2.45, 2.75) is 19.5 Å². The van der Waals surface area contributed by atoms with E-state index in [1.54, 1.807) is 6.92 Å². The topological polar surface area (TPSA) is 26.3 Å². The second-order valence-electron chi connectivity index (χ2n) is 3.22. The van der Waals surface area contributed by atoms with Crippen molar-refractivity contribution in [2.75, 3.05) is 7.11 Å². The average Bonchev–Trinajstić information content (AvgIpc) is 2.25. The number of carbonyl (C=O) groups is 1. The summed E-state index contributed by atoms with van der Waals surface area (Å²) >= 11 is 0. The van der Waals surface area contributed by atoms with E-state index < -0.39 is 11.7 Å². The first kappa shape index (κ1) is 12.5. The van der Waals surface area contributed by atoms with Crippen LogP contribution in [0.3, 0.4) is 0 Å². The molecule has 1 aromatic carbocycles. The molecule has 0 radical (unpaired) electrons. The van der Waals surface area contributed by atoms with E-state index in [9.17, 15) is 18.0 Å². The van der Waals surface area contributed by atoms with Crippen molar-refractivity contribution in [3.63, 3.8) is 0 Å². The van der Waals surface area contributed by atoms with Crippen LogP contribution in [0.15, 0.2) is 12.1 Å². The molecule has 0 saturated carbocycles. The number of rotatable bonds is 3. The Hall–Kier alpha value is -1.52. The summed E-state index contributed by atoms with van der Waals surface area (Å²) in [7, 11) is 1.24. The lowest BCUT2D eigenvalue weighted by atomic mass is 10.0. The van der Waals surface area contributed by atoms with E-state index in [1.165, 1.54) is 7.11 Å². The van der Waals surface area contributed by atoms with Crippen LogP contribution in [0.25, 0.3) is 0 Å². The fourth-order valence-electron chi connectivity index (χ4n) is 1.44. The summed E-state index contributed by atoms with van der Waals surface area (Å²) < 4.78 is 42.3. The SMILES string of the molecule is CCc1cc(C(F)(F)F)cc(OC)c1C=O. The second kappa shape index (κ2) is 4.55. The zero-order chi connectivity index (χ0) is 12.3. The van der Waals surface area contributed by atoms with Crippen molar-refractivity contribution < 1.29 is 22.7 Å². The van der Waals surface area contributed by atoms with E-state index in [0.29, 0.717) is 18.3 Å². The first-order valence-electron chi connectivity index (χ1n) is 4.67. The average molecular weight is 232 g/mol. The zero-order valence-electron chi connectivity index (χ0n) is 8.89. The highest BCUT2D eigenvalue weighted by Gasteiger charge is 2.32. The number of aldehydes is 1. The summed E-state index contributed by atoms with van der Waals surface area (Å²) in [6.07, 6.45) is -3.58. The van der Waals surface area contributed by atoms with Crippen molar-refractivity contribution in [1.82, 2.24) is 0 Å². The normalized spacial score (nSPS) is 11.3. The lowest BCUT2D eigenvalue weighted by molar-refractivity contribution is -0.137. The summed E-state index contributed by atoms with van der Waals surface area (Å²) in [6.45, 7) is 1.68. The molecule has 88 valence electrons. The maximum absolute atomic E-state index is 12.5. The Balaban J connectivity index is 3.43. The van der Waals surface area contributed by atoms with Gasteiger partial charge in [0, 0.05) is 0 Å². The summed E-state index contributed by atoms with van der Waals surface area (Å²) in [5, 5.41) is 0. The molecule has 0 spiro atoms. The quantitative estimate of drug-likeness (QED) is 0.748. The van der Waals surface area contributed by atoms with Gasteiger partial charge in [0.15, 0.2) is 6.29 Å². The third-order valence-corrected chi connectivity index (χ3v) is 2.27. The van der Waals surface area contributed by atoms with Crippen LogP contribution in [0, 0.1) is 0 Å². The number of halogens is 3. The minimum Gasteiger partial charge on any atom is -0.496 e. The van der Waals surface area contributed by atoms with Gasteiger partial charge in [-0.1, -0.05) is 6.92 Å². The number of hydrogen-bond donors (Lipinski definition) is 0. The smallest absolute Gasteiger partial charge is 0.416 e. The molecule has 0 unspecified atom stereocenters. The van der Waals surface area contributed by atoms with E-state index >= 15 is 0 Å². The summed E-state index contributed by atoms with van der Waals surface area (Å²) in [5.41, 5.74) is -0.286. The first-order valence-corrected chi connectivity index (χ1v) is 4.67. The van der Waals surface area contributed by atoms with Gasteiger partial charge in [-0.15, -0.1) is 0 Å². The Kier molecular flexibility index (Phi) is 3.57. The Morgan fingerprint density at radius 3 is 2.38 bits per heavy atom. The van der Waals surface area contributed by atoms with Gasteiger partial charge in [0.1, 0.15) is 5.75 Å². The highest BCUT2D eigenvalue weighted by atomic mass is 19.4. The number of methoxy groups -OCH3 is 1. The molecule has 1 aromatic rings. The van der Waals surface area contributed by atoms with E-state index in [-0.39, 0.29) is 11.3 Å². The third kappa shape index (κ3) is 2.35. The van der Waals surface area contributed by atoms with E-state index in [2.05, 4.69) is 0 Å². The molecule has 0 fully saturated rings. The molecule has 0 aliphatic heterocycles. The van der Waals surface area contributed by atoms with Crippen LogP contribution in [0.2, 0.25) is 0 Å². The van der Waals surface area contributed by atoms with Crippen LogP contribution in [0.1, 0.15) is 28.4 Å². The summed E-state index contributed by atoms with van der Waals surface area (Å²) in [4.78, 5) is 10.8. The molecule has 0 aromatic heterocycles. The number of carbonyl (C=O) groups excluding carboxylic acids is 1. The van der Waals surface area contributed by atoms with Crippen molar-refractivity contribution in [3.05, 3.63) is 28.8 Å². The highest BCUT2D eigenvalue weighted by molar-refractivity contribution is 5.82. The molecule has 0 aliphatic carbocycles. The number of benzene rings is 1. The monoisotopic (exact) mass is 232 g/mol. The highest BCUT2D eigenvalue weighted by Crippen LogP contribution is 2.34. The van der Waals surface area contributed by atoms with Crippen molar-refractivity contribution in [2.24, 2.45) is 0 Å². The van der Waals surface area contributed by atoms with Crippen LogP contribution in [-0.2, 0) is 12.6 Å². The molecule has 0 N–H and O–H groups in total. The first-order chi connectivity index (χ1) is 7.43. The van der Waals surface area contributed by atoms with Crippen molar-refractivity contribution >= 4 is 6.29 Å². The lowest BCUT2D eigenvalue weighted by Gasteiger charge is -2.13. The van der Waals surface area contributed by atoms with E-state index in [1.807, 2.05) is 0 Å². The molecule has 0 bridgehead atoms. The second-order valence-corrected chi connectivity index (χ2v) is 3.22. The minimum atomic E-state index is -4.43. The Labute approximate surface area is 91.0 Å². The minimum absolute atomic E-state index is 0.0401. The molecule has 0 heterocycles. The van der Waals surface area contributed by atoms with Gasteiger partial charge in [-0.2, -0.15) is 13.2 Å². The van der Waals surface area contributed by atoms with Gasteiger partial charge in [-0.25, -0.2) is 0 Å². The fourth-order valence-corrected chi connectivity index (χ4v) is 1.44. The lowest BCUT2D eigenvalue weighted by Crippen LogP contribution is -2.08. The molecule has 16 heavy (non-hydrogen) atoms. The number of ether oxygens (including phenoxy) is 1. The van der Waals surface area contributed by atoms with Gasteiger partial charge in [0.2, 0.25) is 0 Å². The molecule has 2 nitrogen and oxygen atoms in total. The molecular weight excluding hydrogens is 221 g/mol. The Morgan fingerprint density at radius 2 is 2.00 bits per heavy atom. The molecule has 5 heteroatoms.